The first-order chi connectivity index (χ1) is 11.1. The summed E-state index contributed by atoms with van der Waals surface area (Å²) >= 11 is 0. The molecule has 0 fully saturated rings. The van der Waals surface area contributed by atoms with Gasteiger partial charge in [0.2, 0.25) is 11.8 Å². The van der Waals surface area contributed by atoms with Crippen LogP contribution in [0.1, 0.15) is 28.3 Å². The zero-order valence-corrected chi connectivity index (χ0v) is 13.4. The molecule has 0 spiro atoms. The van der Waals surface area contributed by atoms with Gasteiger partial charge in [-0.25, -0.2) is 0 Å². The van der Waals surface area contributed by atoms with E-state index in [0.717, 1.165) is 16.7 Å². The highest BCUT2D eigenvalue weighted by molar-refractivity contribution is 5.92. The molecular formula is C19H20N2O2. The number of amides is 2. The van der Waals surface area contributed by atoms with E-state index in [1.54, 1.807) is 7.05 Å². The molecule has 1 heterocycles. The van der Waals surface area contributed by atoms with Crippen LogP contribution in [0.25, 0.3) is 0 Å². The van der Waals surface area contributed by atoms with Crippen LogP contribution in [-0.2, 0) is 22.6 Å². The zero-order chi connectivity index (χ0) is 16.4. The van der Waals surface area contributed by atoms with E-state index in [-0.39, 0.29) is 11.8 Å². The Morgan fingerprint density at radius 3 is 2.61 bits per heavy atom. The van der Waals surface area contributed by atoms with Crippen LogP contribution < -0.4 is 5.32 Å². The number of likely N-dealkylation sites (N-methyl/N-ethyl adjacent to an activating group) is 1. The highest BCUT2D eigenvalue weighted by atomic mass is 16.2. The van der Waals surface area contributed by atoms with Crippen LogP contribution in [0.15, 0.2) is 48.5 Å². The number of aryl methyl sites for hydroxylation is 1. The summed E-state index contributed by atoms with van der Waals surface area (Å²) < 4.78 is 0. The number of hydrogen-bond donors (Lipinski definition) is 1. The first kappa shape index (κ1) is 15.3. The second kappa shape index (κ2) is 6.24. The molecule has 4 heteroatoms. The van der Waals surface area contributed by atoms with Crippen molar-refractivity contribution in [3.05, 3.63) is 70.8 Å². The Morgan fingerprint density at radius 2 is 1.87 bits per heavy atom. The largest absolute Gasteiger partial charge is 0.350 e. The third kappa shape index (κ3) is 3.11. The lowest BCUT2D eigenvalue weighted by Crippen LogP contribution is -2.45. The molecule has 1 aliphatic heterocycles. The minimum absolute atomic E-state index is 0.0285. The number of fused-ring (bicyclic) bond motifs is 1. The van der Waals surface area contributed by atoms with Crippen molar-refractivity contribution < 1.29 is 9.59 Å². The van der Waals surface area contributed by atoms with Crippen LogP contribution in [0.3, 0.4) is 0 Å². The third-order valence-electron chi connectivity index (χ3n) is 4.31. The van der Waals surface area contributed by atoms with Crippen molar-refractivity contribution in [3.63, 3.8) is 0 Å². The molecule has 0 saturated heterocycles. The molecule has 2 aromatic carbocycles. The summed E-state index contributed by atoms with van der Waals surface area (Å²) in [7, 11) is 1.69. The Kier molecular flexibility index (Phi) is 4.15. The van der Waals surface area contributed by atoms with Crippen LogP contribution in [0.4, 0.5) is 0 Å². The molecule has 0 aliphatic carbocycles. The molecule has 2 amide bonds. The van der Waals surface area contributed by atoms with Crippen molar-refractivity contribution in [2.45, 2.75) is 25.9 Å². The Balaban J connectivity index is 1.78. The Bertz CT molecular complexity index is 737. The Morgan fingerprint density at radius 1 is 1.17 bits per heavy atom. The minimum atomic E-state index is -0.558. The van der Waals surface area contributed by atoms with Crippen molar-refractivity contribution in [1.29, 1.82) is 0 Å². The molecule has 23 heavy (non-hydrogen) atoms. The Hall–Kier alpha value is -2.62. The lowest BCUT2D eigenvalue weighted by atomic mass is 9.92. The normalized spacial score (nSPS) is 16.9. The van der Waals surface area contributed by atoms with Crippen LogP contribution >= 0.6 is 0 Å². The summed E-state index contributed by atoms with van der Waals surface area (Å²) in [5.41, 5.74) is 4.08. The molecule has 0 radical (unpaired) electrons. The molecule has 1 atom stereocenters. The summed E-state index contributed by atoms with van der Waals surface area (Å²) in [5.74, 6) is -0.173. The van der Waals surface area contributed by atoms with Gasteiger partial charge >= 0.3 is 0 Å². The predicted octanol–water partition coefficient (Wildman–Crippen LogP) is 2.37. The zero-order valence-electron chi connectivity index (χ0n) is 13.4. The molecule has 1 N–H and O–H groups in total. The fourth-order valence-electron chi connectivity index (χ4n) is 2.91. The fraction of sp³-hybridized carbons (Fsp3) is 0.263. The van der Waals surface area contributed by atoms with Crippen LogP contribution in [-0.4, -0.2) is 23.8 Å². The van der Waals surface area contributed by atoms with Gasteiger partial charge in [0.15, 0.2) is 0 Å². The van der Waals surface area contributed by atoms with Gasteiger partial charge in [0.1, 0.15) is 6.04 Å². The van der Waals surface area contributed by atoms with Crippen molar-refractivity contribution in [2.24, 2.45) is 0 Å². The van der Waals surface area contributed by atoms with E-state index >= 15 is 0 Å². The quantitative estimate of drug-likeness (QED) is 0.946. The van der Waals surface area contributed by atoms with Gasteiger partial charge in [-0.1, -0.05) is 54.1 Å². The number of hydrogen-bond acceptors (Lipinski definition) is 2. The summed E-state index contributed by atoms with van der Waals surface area (Å²) in [5, 5.41) is 2.95. The van der Waals surface area contributed by atoms with Crippen LogP contribution in [0.5, 0.6) is 0 Å². The number of nitrogens with one attached hydrogen (secondary N) is 1. The monoisotopic (exact) mass is 308 g/mol. The van der Waals surface area contributed by atoms with E-state index in [1.807, 2.05) is 55.5 Å². The second-order valence-electron chi connectivity index (χ2n) is 5.99. The van der Waals surface area contributed by atoms with Crippen molar-refractivity contribution in [1.82, 2.24) is 10.2 Å². The molecule has 0 saturated carbocycles. The second-order valence-corrected chi connectivity index (χ2v) is 5.99. The SMILES string of the molecule is Cc1ccc(CNC(=O)C2c3ccccc3CC(=O)N2C)cc1. The van der Waals surface area contributed by atoms with Crippen molar-refractivity contribution in [2.75, 3.05) is 7.05 Å². The van der Waals surface area contributed by atoms with Gasteiger partial charge in [0.05, 0.1) is 6.42 Å². The van der Waals surface area contributed by atoms with E-state index < -0.39 is 6.04 Å². The van der Waals surface area contributed by atoms with Gasteiger partial charge in [-0.3, -0.25) is 9.59 Å². The van der Waals surface area contributed by atoms with Crippen molar-refractivity contribution in [3.8, 4) is 0 Å². The van der Waals surface area contributed by atoms with Gasteiger partial charge in [0, 0.05) is 13.6 Å². The number of carbonyl (C=O) groups excluding carboxylic acids is 2. The minimum Gasteiger partial charge on any atom is -0.350 e. The molecule has 3 rings (SSSR count). The van der Waals surface area contributed by atoms with E-state index in [2.05, 4.69) is 5.32 Å². The van der Waals surface area contributed by atoms with E-state index in [4.69, 9.17) is 0 Å². The van der Waals surface area contributed by atoms with Gasteiger partial charge < -0.3 is 10.2 Å². The van der Waals surface area contributed by atoms with E-state index in [9.17, 15) is 9.59 Å². The summed E-state index contributed by atoms with van der Waals surface area (Å²) in [4.78, 5) is 26.3. The highest BCUT2D eigenvalue weighted by Crippen LogP contribution is 2.29. The maximum absolute atomic E-state index is 12.7. The maximum Gasteiger partial charge on any atom is 0.247 e. The smallest absolute Gasteiger partial charge is 0.247 e. The predicted molar refractivity (Wildman–Crippen MR) is 88.7 cm³/mol. The fourth-order valence-corrected chi connectivity index (χ4v) is 2.91. The van der Waals surface area contributed by atoms with Gasteiger partial charge in [-0.15, -0.1) is 0 Å². The number of nitrogens with zero attached hydrogens (tertiary/aromatic N) is 1. The van der Waals surface area contributed by atoms with Gasteiger partial charge in [0.25, 0.3) is 0 Å². The molecule has 0 aromatic heterocycles. The molecule has 1 aliphatic rings. The third-order valence-corrected chi connectivity index (χ3v) is 4.31. The van der Waals surface area contributed by atoms with Crippen LogP contribution in [0.2, 0.25) is 0 Å². The summed E-state index contributed by atoms with van der Waals surface area (Å²) in [6, 6.07) is 15.1. The van der Waals surface area contributed by atoms with Gasteiger partial charge in [-0.05, 0) is 23.6 Å². The summed E-state index contributed by atoms with van der Waals surface area (Å²) in [6.07, 6.45) is 0.356. The molecule has 4 nitrogen and oxygen atoms in total. The number of benzene rings is 2. The van der Waals surface area contributed by atoms with Crippen LogP contribution in [0, 0.1) is 6.92 Å². The Labute approximate surface area is 136 Å². The lowest BCUT2D eigenvalue weighted by molar-refractivity contribution is -0.140. The molecular weight excluding hydrogens is 288 g/mol. The van der Waals surface area contributed by atoms with E-state index in [0.29, 0.717) is 13.0 Å². The average Bonchev–Trinajstić information content (AvgIpc) is 2.55. The first-order valence-electron chi connectivity index (χ1n) is 7.73. The average molecular weight is 308 g/mol. The summed E-state index contributed by atoms with van der Waals surface area (Å²) in [6.45, 7) is 2.49. The molecule has 118 valence electrons. The topological polar surface area (TPSA) is 49.4 Å². The highest BCUT2D eigenvalue weighted by Gasteiger charge is 2.34. The standard InChI is InChI=1S/C19H20N2O2/c1-13-7-9-14(10-8-13)12-20-19(23)18-16-6-4-3-5-15(16)11-17(22)21(18)2/h3-10,18H,11-12H2,1-2H3,(H,20,23). The van der Waals surface area contributed by atoms with E-state index in [1.165, 1.54) is 10.5 Å². The van der Waals surface area contributed by atoms with Gasteiger partial charge in [-0.2, -0.15) is 0 Å². The molecule has 1 unspecified atom stereocenters. The lowest BCUT2D eigenvalue weighted by Gasteiger charge is -2.33. The first-order valence-corrected chi connectivity index (χ1v) is 7.73. The number of carbonyl (C=O) groups is 2. The molecule has 2 aromatic rings. The number of rotatable bonds is 3. The maximum atomic E-state index is 12.7. The molecule has 0 bridgehead atoms. The van der Waals surface area contributed by atoms with Crippen molar-refractivity contribution >= 4 is 11.8 Å².